The van der Waals surface area contributed by atoms with Gasteiger partial charge in [-0.2, -0.15) is 5.26 Å². The van der Waals surface area contributed by atoms with Gasteiger partial charge in [0.25, 0.3) is 0 Å². The second kappa shape index (κ2) is 6.50. The lowest BCUT2D eigenvalue weighted by Gasteiger charge is -2.05. The number of rotatable bonds is 5. The molecule has 2 rings (SSSR count). The molecule has 0 unspecified atom stereocenters. The maximum Gasteiger partial charge on any atom is 0.232 e. The third-order valence-electron chi connectivity index (χ3n) is 2.69. The van der Waals surface area contributed by atoms with Gasteiger partial charge in [-0.1, -0.05) is 25.5 Å². The number of ether oxygens (including phenoxy) is 1. The molecule has 0 aliphatic rings. The van der Waals surface area contributed by atoms with Gasteiger partial charge in [-0.25, -0.2) is 9.97 Å². The van der Waals surface area contributed by atoms with Gasteiger partial charge in [0.05, 0.1) is 36.3 Å². The minimum absolute atomic E-state index is 0.547. The highest BCUT2D eigenvalue weighted by Crippen LogP contribution is 2.17. The van der Waals surface area contributed by atoms with Crippen molar-refractivity contribution in [1.82, 2.24) is 9.97 Å². The van der Waals surface area contributed by atoms with E-state index in [0.717, 1.165) is 24.1 Å². The molecule has 2 aromatic rings. The molecule has 0 spiro atoms. The van der Waals surface area contributed by atoms with E-state index in [1.54, 1.807) is 24.5 Å². The largest absolute Gasteiger partial charge is 0.477 e. The third kappa shape index (κ3) is 3.52. The van der Waals surface area contributed by atoms with E-state index in [1.165, 1.54) is 0 Å². The van der Waals surface area contributed by atoms with Crippen LogP contribution in [0.15, 0.2) is 36.7 Å². The van der Waals surface area contributed by atoms with Crippen LogP contribution in [-0.4, -0.2) is 16.6 Å². The Balaban J connectivity index is 2.07. The van der Waals surface area contributed by atoms with Crippen molar-refractivity contribution in [3.8, 4) is 23.2 Å². The second-order valence-electron chi connectivity index (χ2n) is 4.13. The number of hydrogen-bond acceptors (Lipinski definition) is 4. The van der Waals surface area contributed by atoms with Crippen LogP contribution in [0.2, 0.25) is 0 Å². The Hall–Kier alpha value is -2.41. The fraction of sp³-hybridized carbons (Fsp3) is 0.267. The molecule has 0 aliphatic carbocycles. The molecule has 0 fully saturated rings. The zero-order valence-corrected chi connectivity index (χ0v) is 10.8. The van der Waals surface area contributed by atoms with Gasteiger partial charge in [-0.15, -0.1) is 0 Å². The topological polar surface area (TPSA) is 58.8 Å². The molecular weight excluding hydrogens is 238 g/mol. The molecule has 96 valence electrons. The van der Waals surface area contributed by atoms with Crippen molar-refractivity contribution in [3.63, 3.8) is 0 Å². The molecule has 0 saturated carbocycles. The summed E-state index contributed by atoms with van der Waals surface area (Å²) in [5, 5.41) is 8.74. The van der Waals surface area contributed by atoms with Gasteiger partial charge in [-0.05, 0) is 18.6 Å². The van der Waals surface area contributed by atoms with Gasteiger partial charge in [0.2, 0.25) is 5.88 Å². The molecule has 0 aliphatic heterocycles. The van der Waals surface area contributed by atoms with Gasteiger partial charge in [0, 0.05) is 5.56 Å². The van der Waals surface area contributed by atoms with Gasteiger partial charge in [0.1, 0.15) is 0 Å². The minimum atomic E-state index is 0.547. The molecular formula is C15H15N3O. The van der Waals surface area contributed by atoms with E-state index in [4.69, 9.17) is 10.00 Å². The summed E-state index contributed by atoms with van der Waals surface area (Å²) in [6.45, 7) is 2.78. The fourth-order valence-electron chi connectivity index (χ4n) is 1.58. The smallest absolute Gasteiger partial charge is 0.232 e. The number of nitriles is 1. The van der Waals surface area contributed by atoms with Crippen LogP contribution < -0.4 is 4.74 Å². The van der Waals surface area contributed by atoms with Crippen molar-refractivity contribution >= 4 is 0 Å². The number of hydrogen-bond donors (Lipinski definition) is 0. The molecule has 0 bridgehead atoms. The zero-order chi connectivity index (χ0) is 13.5. The van der Waals surface area contributed by atoms with E-state index in [-0.39, 0.29) is 0 Å². The number of unbranched alkanes of at least 4 members (excludes halogenated alkanes) is 1. The van der Waals surface area contributed by atoms with Crippen molar-refractivity contribution < 1.29 is 4.74 Å². The van der Waals surface area contributed by atoms with Crippen molar-refractivity contribution in [3.05, 3.63) is 42.2 Å². The van der Waals surface area contributed by atoms with E-state index >= 15 is 0 Å². The SMILES string of the molecule is CCCCOc1cnc(-c2ccc(C#N)cc2)cn1. The molecule has 19 heavy (non-hydrogen) atoms. The highest BCUT2D eigenvalue weighted by molar-refractivity contribution is 5.59. The first-order chi connectivity index (χ1) is 9.33. The van der Waals surface area contributed by atoms with Crippen LogP contribution >= 0.6 is 0 Å². The fourth-order valence-corrected chi connectivity index (χ4v) is 1.58. The summed E-state index contributed by atoms with van der Waals surface area (Å²) in [6.07, 6.45) is 5.42. The maximum absolute atomic E-state index is 8.74. The van der Waals surface area contributed by atoms with Crippen LogP contribution in [0.3, 0.4) is 0 Å². The Morgan fingerprint density at radius 1 is 1.16 bits per heavy atom. The second-order valence-corrected chi connectivity index (χ2v) is 4.13. The van der Waals surface area contributed by atoms with Crippen molar-refractivity contribution in [1.29, 1.82) is 5.26 Å². The van der Waals surface area contributed by atoms with Crippen LogP contribution in [0.25, 0.3) is 11.3 Å². The van der Waals surface area contributed by atoms with E-state index in [1.807, 2.05) is 12.1 Å². The van der Waals surface area contributed by atoms with E-state index in [0.29, 0.717) is 18.1 Å². The van der Waals surface area contributed by atoms with Crippen LogP contribution in [0.1, 0.15) is 25.3 Å². The lowest BCUT2D eigenvalue weighted by molar-refractivity contribution is 0.296. The van der Waals surface area contributed by atoms with Gasteiger partial charge in [-0.3, -0.25) is 0 Å². The first-order valence-electron chi connectivity index (χ1n) is 6.29. The quantitative estimate of drug-likeness (QED) is 0.768. The minimum Gasteiger partial charge on any atom is -0.477 e. The summed E-state index contributed by atoms with van der Waals surface area (Å²) < 4.78 is 5.46. The molecule has 0 amide bonds. The van der Waals surface area contributed by atoms with Crippen LogP contribution in [0, 0.1) is 11.3 Å². The first kappa shape index (κ1) is 13.0. The summed E-state index contributed by atoms with van der Waals surface area (Å²) in [4.78, 5) is 8.53. The summed E-state index contributed by atoms with van der Waals surface area (Å²) in [6, 6.07) is 9.34. The number of aromatic nitrogens is 2. The maximum atomic E-state index is 8.74. The van der Waals surface area contributed by atoms with Crippen LogP contribution in [0.5, 0.6) is 5.88 Å². The predicted molar refractivity (Wildman–Crippen MR) is 72.6 cm³/mol. The standard InChI is InChI=1S/C15H15N3O/c1-2-3-8-19-15-11-17-14(10-18-15)13-6-4-12(9-16)5-7-13/h4-7,10-11H,2-3,8H2,1H3. The summed E-state index contributed by atoms with van der Waals surface area (Å²) in [5.41, 5.74) is 2.34. The molecule has 1 aromatic heterocycles. The number of benzene rings is 1. The zero-order valence-electron chi connectivity index (χ0n) is 10.8. The van der Waals surface area contributed by atoms with Gasteiger partial charge < -0.3 is 4.74 Å². The first-order valence-corrected chi connectivity index (χ1v) is 6.29. The van der Waals surface area contributed by atoms with Crippen molar-refractivity contribution in [2.24, 2.45) is 0 Å². The lowest BCUT2D eigenvalue weighted by atomic mass is 10.1. The third-order valence-corrected chi connectivity index (χ3v) is 2.69. The highest BCUT2D eigenvalue weighted by Gasteiger charge is 2.01. The van der Waals surface area contributed by atoms with E-state index in [2.05, 4.69) is 23.0 Å². The van der Waals surface area contributed by atoms with Crippen LogP contribution in [-0.2, 0) is 0 Å². The monoisotopic (exact) mass is 253 g/mol. The summed E-state index contributed by atoms with van der Waals surface area (Å²) in [5.74, 6) is 0.547. The van der Waals surface area contributed by atoms with Gasteiger partial charge in [0.15, 0.2) is 0 Å². The Morgan fingerprint density at radius 3 is 2.53 bits per heavy atom. The Bertz CT molecular complexity index is 555. The van der Waals surface area contributed by atoms with Crippen LogP contribution in [0.4, 0.5) is 0 Å². The lowest BCUT2D eigenvalue weighted by Crippen LogP contribution is -1.99. The molecule has 0 N–H and O–H groups in total. The Labute approximate surface area is 112 Å². The molecule has 0 radical (unpaired) electrons. The van der Waals surface area contributed by atoms with Crippen molar-refractivity contribution in [2.45, 2.75) is 19.8 Å². The Kier molecular flexibility index (Phi) is 4.46. The average Bonchev–Trinajstić information content (AvgIpc) is 2.48. The molecule has 4 nitrogen and oxygen atoms in total. The predicted octanol–water partition coefficient (Wildman–Crippen LogP) is 3.19. The molecule has 0 atom stereocenters. The van der Waals surface area contributed by atoms with Gasteiger partial charge >= 0.3 is 0 Å². The summed E-state index contributed by atoms with van der Waals surface area (Å²) >= 11 is 0. The van der Waals surface area contributed by atoms with E-state index < -0.39 is 0 Å². The summed E-state index contributed by atoms with van der Waals surface area (Å²) in [7, 11) is 0. The average molecular weight is 253 g/mol. The molecule has 1 heterocycles. The molecule has 4 heteroatoms. The van der Waals surface area contributed by atoms with Crippen molar-refractivity contribution in [2.75, 3.05) is 6.61 Å². The molecule has 0 saturated heterocycles. The van der Waals surface area contributed by atoms with E-state index in [9.17, 15) is 0 Å². The highest BCUT2D eigenvalue weighted by atomic mass is 16.5. The molecule has 1 aromatic carbocycles. The number of nitrogens with zero attached hydrogens (tertiary/aromatic N) is 3. The Morgan fingerprint density at radius 2 is 1.95 bits per heavy atom. The normalized spacial score (nSPS) is 9.89.